The molecule has 1 aromatic heterocycles. The van der Waals surface area contributed by atoms with Gasteiger partial charge < -0.3 is 0 Å². The van der Waals surface area contributed by atoms with Gasteiger partial charge in [-0.25, -0.2) is 4.98 Å². The minimum absolute atomic E-state index is 0.501. The molecular weight excluding hydrogens is 294 g/mol. The maximum atomic E-state index is 4.87. The van der Waals surface area contributed by atoms with E-state index in [0.29, 0.717) is 4.77 Å². The van der Waals surface area contributed by atoms with Crippen molar-refractivity contribution in [3.8, 4) is 0 Å². The molecule has 0 unspecified atom stereocenters. The van der Waals surface area contributed by atoms with Crippen molar-refractivity contribution >= 4 is 39.9 Å². The second kappa shape index (κ2) is 4.96. The lowest BCUT2D eigenvalue weighted by atomic mass is 10.4. The summed E-state index contributed by atoms with van der Waals surface area (Å²) in [6.07, 6.45) is 0. The minimum Gasteiger partial charge on any atom is -0.285 e. The summed E-state index contributed by atoms with van der Waals surface area (Å²) in [5, 5.41) is 5.69. The van der Waals surface area contributed by atoms with Gasteiger partial charge in [0.2, 0.25) is 4.77 Å². The van der Waals surface area contributed by atoms with Crippen LogP contribution >= 0.6 is 39.9 Å². The van der Waals surface area contributed by atoms with Gasteiger partial charge in [0, 0.05) is 9.37 Å². The summed E-state index contributed by atoms with van der Waals surface area (Å²) in [6, 6.07) is 8.18. The number of hydrogen-bond donors (Lipinski definition) is 2. The van der Waals surface area contributed by atoms with Crippen molar-refractivity contribution in [3.05, 3.63) is 39.3 Å². The van der Waals surface area contributed by atoms with Crippen molar-refractivity contribution < 1.29 is 0 Å². The Balaban J connectivity index is 1.99. The summed E-state index contributed by atoms with van der Waals surface area (Å²) in [5.41, 5.74) is 0. The van der Waals surface area contributed by atoms with Gasteiger partial charge in [0.25, 0.3) is 0 Å². The molecule has 2 N–H and O–H groups in total. The molecule has 0 spiro atoms. The van der Waals surface area contributed by atoms with Gasteiger partial charge in [-0.15, -0.1) is 11.8 Å². The van der Waals surface area contributed by atoms with Crippen LogP contribution in [-0.2, 0) is 5.75 Å². The van der Waals surface area contributed by atoms with Gasteiger partial charge in [0.1, 0.15) is 5.82 Å². The molecule has 0 fully saturated rings. The second-order valence-corrected chi connectivity index (χ2v) is 5.21. The van der Waals surface area contributed by atoms with Crippen LogP contribution < -0.4 is 0 Å². The van der Waals surface area contributed by atoms with E-state index >= 15 is 0 Å². The Morgan fingerprint density at radius 1 is 1.27 bits per heavy atom. The molecule has 1 aromatic carbocycles. The van der Waals surface area contributed by atoms with Gasteiger partial charge >= 0.3 is 0 Å². The molecule has 78 valence electrons. The van der Waals surface area contributed by atoms with Crippen LogP contribution in [-0.4, -0.2) is 15.2 Å². The van der Waals surface area contributed by atoms with Crippen molar-refractivity contribution in [2.75, 3.05) is 0 Å². The fourth-order valence-electron chi connectivity index (χ4n) is 1.05. The first-order valence-electron chi connectivity index (χ1n) is 4.26. The van der Waals surface area contributed by atoms with Gasteiger partial charge in [0.15, 0.2) is 0 Å². The smallest absolute Gasteiger partial charge is 0.213 e. The van der Waals surface area contributed by atoms with Crippen LogP contribution in [0.1, 0.15) is 5.82 Å². The Morgan fingerprint density at radius 3 is 2.60 bits per heavy atom. The molecular formula is C9H8BrN3S2. The first-order chi connectivity index (χ1) is 7.24. The van der Waals surface area contributed by atoms with E-state index in [2.05, 4.69) is 43.2 Å². The van der Waals surface area contributed by atoms with Crippen LogP contribution in [0.5, 0.6) is 0 Å². The third kappa shape index (κ3) is 3.19. The van der Waals surface area contributed by atoms with Crippen molar-refractivity contribution in [1.82, 2.24) is 15.2 Å². The summed E-state index contributed by atoms with van der Waals surface area (Å²) in [4.78, 5) is 5.33. The molecule has 0 aliphatic carbocycles. The van der Waals surface area contributed by atoms with E-state index in [1.165, 1.54) is 4.90 Å². The highest BCUT2D eigenvalue weighted by atomic mass is 79.9. The maximum absolute atomic E-state index is 4.87. The number of aromatic amines is 2. The minimum atomic E-state index is 0.501. The van der Waals surface area contributed by atoms with E-state index in [0.717, 1.165) is 16.0 Å². The van der Waals surface area contributed by atoms with Crippen molar-refractivity contribution in [2.24, 2.45) is 0 Å². The zero-order chi connectivity index (χ0) is 10.7. The fourth-order valence-corrected chi connectivity index (χ4v) is 2.25. The zero-order valence-corrected chi connectivity index (χ0v) is 10.9. The van der Waals surface area contributed by atoms with Crippen LogP contribution in [0.4, 0.5) is 0 Å². The van der Waals surface area contributed by atoms with Crippen molar-refractivity contribution in [2.45, 2.75) is 10.6 Å². The molecule has 0 radical (unpaired) electrons. The monoisotopic (exact) mass is 301 g/mol. The van der Waals surface area contributed by atoms with E-state index in [9.17, 15) is 0 Å². The third-order valence-corrected chi connectivity index (χ3v) is 3.48. The first kappa shape index (κ1) is 10.9. The molecule has 0 amide bonds. The Hall–Kier alpha value is -0.590. The Labute approximate surface area is 105 Å². The van der Waals surface area contributed by atoms with E-state index < -0.39 is 0 Å². The lowest BCUT2D eigenvalue weighted by Gasteiger charge is -1.98. The first-order valence-corrected chi connectivity index (χ1v) is 6.44. The molecule has 3 nitrogen and oxygen atoms in total. The Bertz CT molecular complexity index is 489. The number of H-pyrrole nitrogens is 2. The normalized spacial score (nSPS) is 10.5. The number of rotatable bonds is 3. The van der Waals surface area contributed by atoms with Gasteiger partial charge in [0.05, 0.1) is 5.75 Å². The van der Waals surface area contributed by atoms with Crippen molar-refractivity contribution in [3.63, 3.8) is 0 Å². The van der Waals surface area contributed by atoms with Crippen LogP contribution in [0.25, 0.3) is 0 Å². The largest absolute Gasteiger partial charge is 0.285 e. The summed E-state index contributed by atoms with van der Waals surface area (Å²) in [7, 11) is 0. The molecule has 1 heterocycles. The highest BCUT2D eigenvalue weighted by Gasteiger charge is 1.98. The molecule has 0 bridgehead atoms. The number of aromatic nitrogens is 3. The van der Waals surface area contributed by atoms with Crippen LogP contribution in [0.3, 0.4) is 0 Å². The van der Waals surface area contributed by atoms with E-state index in [-0.39, 0.29) is 0 Å². The molecule has 0 saturated carbocycles. The number of halogens is 1. The van der Waals surface area contributed by atoms with E-state index in [4.69, 9.17) is 12.2 Å². The predicted octanol–water partition coefficient (Wildman–Crippen LogP) is 3.52. The van der Waals surface area contributed by atoms with Crippen LogP contribution in [0, 0.1) is 4.77 Å². The number of thioether (sulfide) groups is 1. The van der Waals surface area contributed by atoms with Gasteiger partial charge in [-0.3, -0.25) is 10.2 Å². The molecule has 0 atom stereocenters. The Morgan fingerprint density at radius 2 is 2.00 bits per heavy atom. The van der Waals surface area contributed by atoms with Gasteiger partial charge in [-0.05, 0) is 36.5 Å². The highest BCUT2D eigenvalue weighted by molar-refractivity contribution is 9.10. The summed E-state index contributed by atoms with van der Waals surface area (Å²) in [5.74, 6) is 1.65. The van der Waals surface area contributed by atoms with Gasteiger partial charge in [-0.2, -0.15) is 0 Å². The quantitative estimate of drug-likeness (QED) is 0.673. The lowest BCUT2D eigenvalue weighted by Crippen LogP contribution is -1.83. The number of hydrogen-bond acceptors (Lipinski definition) is 3. The number of nitrogens with one attached hydrogen (secondary N) is 2. The van der Waals surface area contributed by atoms with Crippen LogP contribution in [0.15, 0.2) is 33.6 Å². The summed E-state index contributed by atoms with van der Waals surface area (Å²) in [6.45, 7) is 0. The molecule has 0 aliphatic heterocycles. The zero-order valence-electron chi connectivity index (χ0n) is 7.66. The van der Waals surface area contributed by atoms with E-state index in [1.54, 1.807) is 11.8 Å². The predicted molar refractivity (Wildman–Crippen MR) is 67.5 cm³/mol. The lowest BCUT2D eigenvalue weighted by molar-refractivity contribution is 1.02. The average Bonchev–Trinajstić information content (AvgIpc) is 2.64. The maximum Gasteiger partial charge on any atom is 0.213 e. The third-order valence-electron chi connectivity index (χ3n) is 1.74. The molecule has 15 heavy (non-hydrogen) atoms. The van der Waals surface area contributed by atoms with Gasteiger partial charge in [-0.1, -0.05) is 15.9 Å². The molecule has 0 aliphatic rings. The SMILES string of the molecule is S=c1nc(CSc2ccc(Br)cc2)[nH][nH]1. The summed E-state index contributed by atoms with van der Waals surface area (Å²) < 4.78 is 1.59. The average molecular weight is 302 g/mol. The van der Waals surface area contributed by atoms with Crippen molar-refractivity contribution in [1.29, 1.82) is 0 Å². The summed E-state index contributed by atoms with van der Waals surface area (Å²) >= 11 is 9.98. The highest BCUT2D eigenvalue weighted by Crippen LogP contribution is 2.22. The number of nitrogens with zero attached hydrogens (tertiary/aromatic N) is 1. The van der Waals surface area contributed by atoms with Crippen LogP contribution in [0.2, 0.25) is 0 Å². The molecule has 2 rings (SSSR count). The second-order valence-electron chi connectivity index (χ2n) is 2.86. The molecule has 6 heteroatoms. The standard InChI is InChI=1S/C9H8BrN3S2/c10-6-1-3-7(4-2-6)15-5-8-11-9(14)13-12-8/h1-4H,5H2,(H2,11,12,13,14). The molecule has 2 aromatic rings. The Kier molecular flexibility index (Phi) is 3.61. The van der Waals surface area contributed by atoms with E-state index in [1.807, 2.05) is 12.1 Å². The number of benzene rings is 1. The molecule has 0 saturated heterocycles. The topological polar surface area (TPSA) is 44.5 Å². The fraction of sp³-hybridized carbons (Fsp3) is 0.111.